The molecule has 3 N–H and O–H groups in total. The summed E-state index contributed by atoms with van der Waals surface area (Å²) in [4.78, 5) is 28.9. The fourth-order valence-electron chi connectivity index (χ4n) is 3.50. The summed E-state index contributed by atoms with van der Waals surface area (Å²) in [7, 11) is 0. The number of benzene rings is 2. The van der Waals surface area contributed by atoms with E-state index in [9.17, 15) is 9.59 Å². The van der Waals surface area contributed by atoms with Gasteiger partial charge in [-0.2, -0.15) is 0 Å². The van der Waals surface area contributed by atoms with Crippen molar-refractivity contribution in [2.24, 2.45) is 5.73 Å². The Morgan fingerprint density at radius 3 is 2.19 bits per heavy atom. The third-order valence-corrected chi connectivity index (χ3v) is 5.34. The van der Waals surface area contributed by atoms with Gasteiger partial charge in [-0.3, -0.25) is 9.59 Å². The highest BCUT2D eigenvalue weighted by Gasteiger charge is 2.21. The predicted octanol–water partition coefficient (Wildman–Crippen LogP) is 3.08. The molecule has 31 heavy (non-hydrogen) atoms. The second-order valence-electron chi connectivity index (χ2n) is 7.49. The maximum Gasteiger partial charge on any atom is 0.241 e. The molecule has 1 heterocycles. The Kier molecular flexibility index (Phi) is 11.4. The van der Waals surface area contributed by atoms with Gasteiger partial charge < -0.3 is 20.9 Å². The number of hydrogen-bond acceptors (Lipinski definition) is 4. The van der Waals surface area contributed by atoms with Crippen molar-refractivity contribution in [3.63, 3.8) is 0 Å². The monoisotopic (exact) mass is 466 g/mol. The first-order chi connectivity index (χ1) is 14.0. The number of rotatable bonds is 7. The van der Waals surface area contributed by atoms with Gasteiger partial charge in [0.25, 0.3) is 0 Å². The lowest BCUT2D eigenvalue weighted by Crippen LogP contribution is -2.48. The molecule has 1 fully saturated rings. The van der Waals surface area contributed by atoms with Crippen LogP contribution in [0, 0.1) is 6.92 Å². The summed E-state index contributed by atoms with van der Waals surface area (Å²) < 4.78 is 0. The number of nitrogens with two attached hydrogens (primary N) is 1. The third kappa shape index (κ3) is 7.73. The van der Waals surface area contributed by atoms with Gasteiger partial charge in [0, 0.05) is 44.8 Å². The summed E-state index contributed by atoms with van der Waals surface area (Å²) in [5, 5.41) is 2.84. The first-order valence-corrected chi connectivity index (χ1v) is 10.2. The molecule has 1 aliphatic heterocycles. The van der Waals surface area contributed by atoms with Crippen LogP contribution in [0.3, 0.4) is 0 Å². The van der Waals surface area contributed by atoms with Crippen LogP contribution in [0.25, 0.3) is 0 Å². The lowest BCUT2D eigenvalue weighted by Gasteiger charge is -2.36. The molecule has 2 aromatic carbocycles. The highest BCUT2D eigenvalue weighted by molar-refractivity contribution is 5.85. The van der Waals surface area contributed by atoms with E-state index in [0.717, 1.165) is 37.3 Å². The molecular formula is C23H32Cl2N4O2. The van der Waals surface area contributed by atoms with Gasteiger partial charge in [0.1, 0.15) is 6.04 Å². The SMILES string of the molecule is Cc1ccc(C(N)C(=O)NCCCC(=O)N2CCN(c3ccccc3)CC2)cc1.Cl.Cl. The molecule has 2 aromatic rings. The van der Waals surface area contributed by atoms with Crippen LogP contribution in [0.15, 0.2) is 54.6 Å². The van der Waals surface area contributed by atoms with Crippen LogP contribution in [0.2, 0.25) is 0 Å². The zero-order valence-corrected chi connectivity index (χ0v) is 19.5. The highest BCUT2D eigenvalue weighted by Crippen LogP contribution is 2.16. The Bertz CT molecular complexity index is 810. The molecule has 8 heteroatoms. The summed E-state index contributed by atoms with van der Waals surface area (Å²) in [6.45, 7) is 5.61. The van der Waals surface area contributed by atoms with Crippen molar-refractivity contribution in [1.29, 1.82) is 0 Å². The maximum atomic E-state index is 12.4. The molecule has 170 valence electrons. The van der Waals surface area contributed by atoms with E-state index in [-0.39, 0.29) is 36.6 Å². The third-order valence-electron chi connectivity index (χ3n) is 5.34. The number of amides is 2. The number of nitrogens with one attached hydrogen (secondary N) is 1. The summed E-state index contributed by atoms with van der Waals surface area (Å²) >= 11 is 0. The van der Waals surface area contributed by atoms with E-state index in [0.29, 0.717) is 19.4 Å². The normalized spacial score (nSPS) is 14.1. The number of carbonyl (C=O) groups is 2. The first-order valence-electron chi connectivity index (χ1n) is 10.2. The molecule has 0 saturated carbocycles. The molecular weight excluding hydrogens is 435 g/mol. The van der Waals surface area contributed by atoms with Crippen LogP contribution >= 0.6 is 24.8 Å². The molecule has 3 rings (SSSR count). The van der Waals surface area contributed by atoms with Crippen molar-refractivity contribution in [3.8, 4) is 0 Å². The average Bonchev–Trinajstić information content (AvgIpc) is 2.77. The molecule has 0 aliphatic carbocycles. The summed E-state index contributed by atoms with van der Waals surface area (Å²) in [6, 6.07) is 17.2. The molecule has 6 nitrogen and oxygen atoms in total. The molecule has 1 unspecified atom stereocenters. The van der Waals surface area contributed by atoms with E-state index >= 15 is 0 Å². The van der Waals surface area contributed by atoms with E-state index in [1.807, 2.05) is 54.3 Å². The van der Waals surface area contributed by atoms with Gasteiger partial charge in [-0.1, -0.05) is 48.0 Å². The number of para-hydroxylation sites is 1. The van der Waals surface area contributed by atoms with Crippen molar-refractivity contribution in [1.82, 2.24) is 10.2 Å². The Hall–Kier alpha value is -2.28. The largest absolute Gasteiger partial charge is 0.368 e. The Morgan fingerprint density at radius 2 is 1.58 bits per heavy atom. The second kappa shape index (κ2) is 13.2. The zero-order chi connectivity index (χ0) is 20.6. The number of halogens is 2. The molecule has 0 radical (unpaired) electrons. The zero-order valence-electron chi connectivity index (χ0n) is 17.8. The summed E-state index contributed by atoms with van der Waals surface area (Å²) in [5.74, 6) is -0.0624. The van der Waals surface area contributed by atoms with Gasteiger partial charge >= 0.3 is 0 Å². The summed E-state index contributed by atoms with van der Waals surface area (Å²) in [6.07, 6.45) is 1.05. The second-order valence-corrected chi connectivity index (χ2v) is 7.49. The number of nitrogens with zero attached hydrogens (tertiary/aromatic N) is 2. The van der Waals surface area contributed by atoms with E-state index < -0.39 is 6.04 Å². The molecule has 0 bridgehead atoms. The van der Waals surface area contributed by atoms with Crippen LogP contribution in [-0.4, -0.2) is 49.4 Å². The van der Waals surface area contributed by atoms with Crippen LogP contribution in [0.5, 0.6) is 0 Å². The van der Waals surface area contributed by atoms with E-state index in [4.69, 9.17) is 5.73 Å². The average molecular weight is 467 g/mol. The standard InChI is InChI=1S/C23H30N4O2.2ClH/c1-18-9-11-19(12-10-18)22(24)23(29)25-13-5-8-21(28)27-16-14-26(15-17-27)20-6-3-2-4-7-20;;/h2-4,6-7,9-12,22H,5,8,13-17,24H2,1H3,(H,25,29);2*1H. The highest BCUT2D eigenvalue weighted by atomic mass is 35.5. The van der Waals surface area contributed by atoms with Gasteiger partial charge in [0.15, 0.2) is 0 Å². The Balaban J connectivity index is 0.00000240. The van der Waals surface area contributed by atoms with E-state index in [1.165, 1.54) is 5.69 Å². The molecule has 0 aromatic heterocycles. The van der Waals surface area contributed by atoms with Gasteiger partial charge in [-0.25, -0.2) is 0 Å². The minimum atomic E-state index is -0.683. The van der Waals surface area contributed by atoms with E-state index in [2.05, 4.69) is 22.3 Å². The van der Waals surface area contributed by atoms with Crippen molar-refractivity contribution >= 4 is 42.3 Å². The van der Waals surface area contributed by atoms with Crippen molar-refractivity contribution < 1.29 is 9.59 Å². The maximum absolute atomic E-state index is 12.4. The van der Waals surface area contributed by atoms with Crippen LogP contribution < -0.4 is 16.0 Å². The fraction of sp³-hybridized carbons (Fsp3) is 0.391. The van der Waals surface area contributed by atoms with Crippen LogP contribution in [-0.2, 0) is 9.59 Å². The quantitative estimate of drug-likeness (QED) is 0.614. The lowest BCUT2D eigenvalue weighted by atomic mass is 10.1. The van der Waals surface area contributed by atoms with Gasteiger partial charge in [-0.15, -0.1) is 24.8 Å². The smallest absolute Gasteiger partial charge is 0.241 e. The van der Waals surface area contributed by atoms with E-state index in [1.54, 1.807) is 0 Å². The van der Waals surface area contributed by atoms with Gasteiger partial charge in [-0.05, 0) is 31.0 Å². The minimum absolute atomic E-state index is 0. The van der Waals surface area contributed by atoms with Crippen molar-refractivity contribution in [2.75, 3.05) is 37.6 Å². The fourth-order valence-corrected chi connectivity index (χ4v) is 3.50. The van der Waals surface area contributed by atoms with Crippen LogP contribution in [0.1, 0.15) is 30.0 Å². The molecule has 0 spiro atoms. The van der Waals surface area contributed by atoms with Crippen molar-refractivity contribution in [3.05, 3.63) is 65.7 Å². The molecule has 1 aliphatic rings. The lowest BCUT2D eigenvalue weighted by molar-refractivity contribution is -0.131. The minimum Gasteiger partial charge on any atom is -0.368 e. The number of carbonyl (C=O) groups excluding carboxylic acids is 2. The van der Waals surface area contributed by atoms with Gasteiger partial charge in [0.05, 0.1) is 0 Å². The number of aryl methyl sites for hydroxylation is 1. The van der Waals surface area contributed by atoms with Crippen molar-refractivity contribution in [2.45, 2.75) is 25.8 Å². The molecule has 1 saturated heterocycles. The Morgan fingerprint density at radius 1 is 0.968 bits per heavy atom. The topological polar surface area (TPSA) is 78.7 Å². The molecule has 1 atom stereocenters. The first kappa shape index (κ1) is 26.8. The van der Waals surface area contributed by atoms with Gasteiger partial charge in [0.2, 0.25) is 11.8 Å². The number of anilines is 1. The Labute approximate surface area is 197 Å². The van der Waals surface area contributed by atoms with Crippen LogP contribution in [0.4, 0.5) is 5.69 Å². The number of hydrogen-bond donors (Lipinski definition) is 2. The number of piperazine rings is 1. The predicted molar refractivity (Wildman–Crippen MR) is 130 cm³/mol. The summed E-state index contributed by atoms with van der Waals surface area (Å²) in [5.41, 5.74) is 9.14. The molecule has 2 amide bonds.